The molecule has 4 nitrogen and oxygen atoms in total. The van der Waals surface area contributed by atoms with E-state index >= 15 is 0 Å². The molecule has 0 aromatic heterocycles. The summed E-state index contributed by atoms with van der Waals surface area (Å²) in [5.41, 5.74) is 1.11. The van der Waals surface area contributed by atoms with Gasteiger partial charge in [0.05, 0.1) is 12.7 Å². The summed E-state index contributed by atoms with van der Waals surface area (Å²) in [6, 6.07) is 6.89. The zero-order valence-electron chi connectivity index (χ0n) is 12.6. The average Bonchev–Trinajstić information content (AvgIpc) is 2.46. The van der Waals surface area contributed by atoms with Gasteiger partial charge < -0.3 is 10.1 Å². The first-order chi connectivity index (χ1) is 10.2. The Kier molecular flexibility index (Phi) is 5.78. The lowest BCUT2D eigenvalue weighted by Gasteiger charge is -2.19. The van der Waals surface area contributed by atoms with Gasteiger partial charge in [-0.3, -0.25) is 4.79 Å². The van der Waals surface area contributed by atoms with Crippen LogP contribution < -0.4 is 5.32 Å². The summed E-state index contributed by atoms with van der Waals surface area (Å²) < 4.78 is 4.69. The fourth-order valence-electron chi connectivity index (χ4n) is 2.80. The summed E-state index contributed by atoms with van der Waals surface area (Å²) in [5, 5.41) is 2.93. The van der Waals surface area contributed by atoms with Crippen molar-refractivity contribution in [2.24, 2.45) is 5.92 Å². The molecular weight excluding hydrogens is 266 g/mol. The van der Waals surface area contributed by atoms with Gasteiger partial charge in [0.1, 0.15) is 0 Å². The summed E-state index contributed by atoms with van der Waals surface area (Å²) in [5.74, 6) is -0.233. The average molecular weight is 289 g/mol. The fourth-order valence-corrected chi connectivity index (χ4v) is 2.80. The van der Waals surface area contributed by atoms with Crippen LogP contribution in [0.5, 0.6) is 0 Å². The Balaban J connectivity index is 1.99. The van der Waals surface area contributed by atoms with E-state index < -0.39 is 5.97 Å². The smallest absolute Gasteiger partial charge is 0.337 e. The monoisotopic (exact) mass is 289 g/mol. The van der Waals surface area contributed by atoms with Crippen LogP contribution >= 0.6 is 0 Å². The SMILES string of the molecule is COC(=O)c1cccc(NC(=O)C2CCCCCCC2)c1. The molecule has 0 radical (unpaired) electrons. The van der Waals surface area contributed by atoms with Gasteiger partial charge in [-0.1, -0.05) is 38.2 Å². The van der Waals surface area contributed by atoms with Crippen LogP contribution in [0.4, 0.5) is 5.69 Å². The molecule has 21 heavy (non-hydrogen) atoms. The Morgan fingerprint density at radius 2 is 1.76 bits per heavy atom. The highest BCUT2D eigenvalue weighted by atomic mass is 16.5. The maximum Gasteiger partial charge on any atom is 0.337 e. The van der Waals surface area contributed by atoms with Crippen molar-refractivity contribution < 1.29 is 14.3 Å². The molecule has 1 amide bonds. The van der Waals surface area contributed by atoms with Crippen LogP contribution in [0.15, 0.2) is 24.3 Å². The van der Waals surface area contributed by atoms with Crippen LogP contribution in [-0.4, -0.2) is 19.0 Å². The summed E-state index contributed by atoms with van der Waals surface area (Å²) >= 11 is 0. The van der Waals surface area contributed by atoms with E-state index in [9.17, 15) is 9.59 Å². The fraction of sp³-hybridized carbons (Fsp3) is 0.529. The van der Waals surface area contributed by atoms with Crippen LogP contribution in [0.2, 0.25) is 0 Å². The van der Waals surface area contributed by atoms with E-state index in [-0.39, 0.29) is 11.8 Å². The molecule has 114 valence electrons. The van der Waals surface area contributed by atoms with Gasteiger partial charge >= 0.3 is 5.97 Å². The number of rotatable bonds is 3. The second kappa shape index (κ2) is 7.81. The van der Waals surface area contributed by atoms with Gasteiger partial charge in [0, 0.05) is 11.6 Å². The number of nitrogens with one attached hydrogen (secondary N) is 1. The summed E-state index contributed by atoms with van der Waals surface area (Å²) in [7, 11) is 1.35. The van der Waals surface area contributed by atoms with Crippen LogP contribution in [0.25, 0.3) is 0 Å². The lowest BCUT2D eigenvalue weighted by atomic mass is 9.90. The third-order valence-corrected chi connectivity index (χ3v) is 4.03. The lowest BCUT2D eigenvalue weighted by Crippen LogP contribution is -2.23. The Morgan fingerprint density at radius 3 is 2.43 bits per heavy atom. The number of anilines is 1. The number of benzene rings is 1. The topological polar surface area (TPSA) is 55.4 Å². The number of hydrogen-bond acceptors (Lipinski definition) is 3. The van der Waals surface area contributed by atoms with Crippen molar-refractivity contribution in [3.8, 4) is 0 Å². The normalized spacial score (nSPS) is 16.6. The predicted octanol–water partition coefficient (Wildman–Crippen LogP) is 3.77. The van der Waals surface area contributed by atoms with Crippen molar-refractivity contribution >= 4 is 17.6 Å². The van der Waals surface area contributed by atoms with Gasteiger partial charge in [-0.25, -0.2) is 4.79 Å². The van der Waals surface area contributed by atoms with E-state index in [1.807, 2.05) is 0 Å². The Labute approximate surface area is 125 Å². The molecule has 0 spiro atoms. The van der Waals surface area contributed by atoms with Gasteiger partial charge in [0.25, 0.3) is 0 Å². The van der Waals surface area contributed by atoms with Gasteiger partial charge in [0.15, 0.2) is 0 Å². The van der Waals surface area contributed by atoms with E-state index in [0.29, 0.717) is 11.3 Å². The van der Waals surface area contributed by atoms with Crippen molar-refractivity contribution in [2.45, 2.75) is 44.9 Å². The molecule has 1 aliphatic rings. The zero-order chi connectivity index (χ0) is 15.1. The number of esters is 1. The summed E-state index contributed by atoms with van der Waals surface area (Å²) in [6.45, 7) is 0. The molecule has 1 aromatic rings. The predicted molar refractivity (Wildman–Crippen MR) is 82.2 cm³/mol. The number of hydrogen-bond donors (Lipinski definition) is 1. The minimum Gasteiger partial charge on any atom is -0.465 e. The van der Waals surface area contributed by atoms with Gasteiger partial charge in [-0.15, -0.1) is 0 Å². The van der Waals surface area contributed by atoms with E-state index in [1.54, 1.807) is 24.3 Å². The first-order valence-corrected chi connectivity index (χ1v) is 7.70. The van der Waals surface area contributed by atoms with E-state index in [4.69, 9.17) is 4.74 Å². The highest BCUT2D eigenvalue weighted by Crippen LogP contribution is 2.24. The number of amides is 1. The van der Waals surface area contributed by atoms with Crippen molar-refractivity contribution in [3.63, 3.8) is 0 Å². The van der Waals surface area contributed by atoms with Gasteiger partial charge in [-0.2, -0.15) is 0 Å². The first kappa shape index (κ1) is 15.5. The minimum atomic E-state index is -0.392. The third kappa shape index (κ3) is 4.59. The second-order valence-corrected chi connectivity index (χ2v) is 5.60. The van der Waals surface area contributed by atoms with Crippen LogP contribution in [0.1, 0.15) is 55.3 Å². The minimum absolute atomic E-state index is 0.0684. The molecule has 0 unspecified atom stereocenters. The van der Waals surface area contributed by atoms with E-state index in [2.05, 4.69) is 5.32 Å². The molecule has 0 atom stereocenters. The molecule has 1 fully saturated rings. The number of ether oxygens (including phenoxy) is 1. The van der Waals surface area contributed by atoms with E-state index in [0.717, 1.165) is 25.7 Å². The highest BCUT2D eigenvalue weighted by Gasteiger charge is 2.19. The molecule has 1 saturated carbocycles. The second-order valence-electron chi connectivity index (χ2n) is 5.60. The molecule has 4 heteroatoms. The molecule has 1 aliphatic carbocycles. The molecule has 0 aliphatic heterocycles. The Bertz CT molecular complexity index is 491. The Morgan fingerprint density at radius 1 is 1.10 bits per heavy atom. The van der Waals surface area contributed by atoms with Crippen molar-refractivity contribution in [2.75, 3.05) is 12.4 Å². The summed E-state index contributed by atoms with van der Waals surface area (Å²) in [6.07, 6.45) is 7.91. The zero-order valence-corrected chi connectivity index (χ0v) is 12.6. The van der Waals surface area contributed by atoms with Crippen molar-refractivity contribution in [3.05, 3.63) is 29.8 Å². The third-order valence-electron chi connectivity index (χ3n) is 4.03. The van der Waals surface area contributed by atoms with Gasteiger partial charge in [-0.05, 0) is 31.0 Å². The Hall–Kier alpha value is -1.84. The molecule has 1 aromatic carbocycles. The van der Waals surface area contributed by atoms with Crippen LogP contribution in [0, 0.1) is 5.92 Å². The largest absolute Gasteiger partial charge is 0.465 e. The number of methoxy groups -OCH3 is 1. The standard InChI is InChI=1S/C17H23NO3/c1-21-17(20)14-10-7-11-15(12-14)18-16(19)13-8-5-3-2-4-6-9-13/h7,10-13H,2-6,8-9H2,1H3,(H,18,19). The highest BCUT2D eigenvalue weighted by molar-refractivity contribution is 5.95. The van der Waals surface area contributed by atoms with Crippen molar-refractivity contribution in [1.29, 1.82) is 0 Å². The molecule has 0 bridgehead atoms. The molecule has 1 N–H and O–H groups in total. The van der Waals surface area contributed by atoms with Crippen LogP contribution in [-0.2, 0) is 9.53 Å². The molecule has 2 rings (SSSR count). The van der Waals surface area contributed by atoms with E-state index in [1.165, 1.54) is 26.4 Å². The first-order valence-electron chi connectivity index (χ1n) is 7.70. The number of carbonyl (C=O) groups is 2. The summed E-state index contributed by atoms with van der Waals surface area (Å²) in [4.78, 5) is 23.9. The van der Waals surface area contributed by atoms with Crippen LogP contribution in [0.3, 0.4) is 0 Å². The van der Waals surface area contributed by atoms with Gasteiger partial charge in [0.2, 0.25) is 5.91 Å². The number of carbonyl (C=O) groups excluding carboxylic acids is 2. The molecule has 0 saturated heterocycles. The lowest BCUT2D eigenvalue weighted by molar-refractivity contribution is -0.120. The quantitative estimate of drug-likeness (QED) is 0.862. The molecule has 0 heterocycles. The molecular formula is C17H23NO3. The maximum atomic E-state index is 12.4. The maximum absolute atomic E-state index is 12.4. The van der Waals surface area contributed by atoms with Crippen molar-refractivity contribution in [1.82, 2.24) is 0 Å².